The molecule has 1 saturated carbocycles. The first-order valence-electron chi connectivity index (χ1n) is 12.5. The van der Waals surface area contributed by atoms with Crippen LogP contribution in [0.5, 0.6) is 0 Å². The zero-order chi connectivity index (χ0) is 25.0. The lowest BCUT2D eigenvalue weighted by Crippen LogP contribution is -2.65. The molecule has 35 heavy (non-hydrogen) atoms. The molecule has 5 rings (SSSR count). The van der Waals surface area contributed by atoms with Crippen molar-refractivity contribution in [3.8, 4) is 0 Å². The smallest absolute Gasteiger partial charge is 0.393 e. The van der Waals surface area contributed by atoms with Crippen molar-refractivity contribution in [1.82, 2.24) is 16.1 Å². The second kappa shape index (κ2) is 8.58. The number of halogens is 3. The summed E-state index contributed by atoms with van der Waals surface area (Å²) in [4.78, 5) is 12.6. The van der Waals surface area contributed by atoms with Crippen molar-refractivity contribution in [3.05, 3.63) is 35.5 Å². The average Bonchev–Trinajstić information content (AvgIpc) is 3.43. The number of hydrazine groups is 1. The number of anilines is 1. The van der Waals surface area contributed by atoms with Crippen LogP contribution in [0, 0.1) is 11.8 Å². The minimum atomic E-state index is -4.44. The summed E-state index contributed by atoms with van der Waals surface area (Å²) in [5, 5.41) is 16.5. The minimum absolute atomic E-state index is 0.0143. The molecule has 3 heterocycles. The fourth-order valence-electron chi connectivity index (χ4n) is 6.54. The quantitative estimate of drug-likeness (QED) is 0.310. The van der Waals surface area contributed by atoms with Gasteiger partial charge < -0.3 is 31.1 Å². The summed E-state index contributed by atoms with van der Waals surface area (Å²) >= 11 is 0. The SMILES string of the molecule is CC(C)C(O)C1CCC2(CC1)C[N+]21CC(NC(=O)CNC2=CNNc3ccc(C(F)(F)F)cc32)C1. The number of aliphatic hydroxyl groups excluding tert-OH is 1. The predicted molar refractivity (Wildman–Crippen MR) is 127 cm³/mol. The van der Waals surface area contributed by atoms with Crippen LogP contribution in [0.25, 0.3) is 5.70 Å². The Bertz CT molecular complexity index is 1010. The average molecular weight is 495 g/mol. The molecule has 1 unspecified atom stereocenters. The normalized spacial score (nSPS) is 32.1. The molecule has 192 valence electrons. The van der Waals surface area contributed by atoms with Gasteiger partial charge in [0.2, 0.25) is 5.91 Å². The Morgan fingerprint density at radius 1 is 1.26 bits per heavy atom. The van der Waals surface area contributed by atoms with Crippen LogP contribution in [0.4, 0.5) is 18.9 Å². The van der Waals surface area contributed by atoms with E-state index in [9.17, 15) is 23.1 Å². The number of amides is 1. The van der Waals surface area contributed by atoms with E-state index in [0.717, 1.165) is 55.4 Å². The lowest BCUT2D eigenvalue weighted by Gasteiger charge is -2.43. The van der Waals surface area contributed by atoms with Gasteiger partial charge in [-0.05, 0) is 42.9 Å². The van der Waals surface area contributed by atoms with Crippen LogP contribution in [0.1, 0.15) is 50.7 Å². The number of nitrogens with zero attached hydrogens (tertiary/aromatic N) is 1. The molecule has 0 radical (unpaired) electrons. The summed E-state index contributed by atoms with van der Waals surface area (Å²) in [6.45, 7) is 7.19. The Hall–Kier alpha value is -2.46. The van der Waals surface area contributed by atoms with E-state index < -0.39 is 11.7 Å². The Morgan fingerprint density at radius 3 is 2.63 bits per heavy atom. The van der Waals surface area contributed by atoms with Gasteiger partial charge >= 0.3 is 6.18 Å². The topological polar surface area (TPSA) is 85.4 Å². The molecule has 2 spiro atoms. The van der Waals surface area contributed by atoms with Gasteiger partial charge in [0.25, 0.3) is 0 Å². The van der Waals surface area contributed by atoms with Crippen LogP contribution in [0.15, 0.2) is 24.4 Å². The van der Waals surface area contributed by atoms with Crippen molar-refractivity contribution < 1.29 is 27.6 Å². The Labute approximate surface area is 203 Å². The lowest BCUT2D eigenvalue weighted by molar-refractivity contribution is -0.875. The van der Waals surface area contributed by atoms with E-state index in [1.165, 1.54) is 18.8 Å². The van der Waals surface area contributed by atoms with Gasteiger partial charge in [-0.25, -0.2) is 0 Å². The number of fused-ring (bicyclic) bond motifs is 2. The summed E-state index contributed by atoms with van der Waals surface area (Å²) in [5.41, 5.74) is 6.53. The lowest BCUT2D eigenvalue weighted by atomic mass is 9.76. The molecule has 1 aliphatic carbocycles. The molecule has 10 heteroatoms. The summed E-state index contributed by atoms with van der Waals surface area (Å²) < 4.78 is 40.5. The van der Waals surface area contributed by atoms with E-state index in [1.807, 2.05) is 0 Å². The van der Waals surface area contributed by atoms with E-state index >= 15 is 0 Å². The van der Waals surface area contributed by atoms with Crippen molar-refractivity contribution in [1.29, 1.82) is 0 Å². The van der Waals surface area contributed by atoms with Crippen molar-refractivity contribution >= 4 is 17.3 Å². The molecule has 1 aromatic rings. The molecule has 0 aromatic heterocycles. The van der Waals surface area contributed by atoms with Gasteiger partial charge in [-0.3, -0.25) is 4.79 Å². The maximum atomic E-state index is 13.1. The number of hydrogen-bond acceptors (Lipinski definition) is 5. The molecule has 7 nitrogen and oxygen atoms in total. The highest BCUT2D eigenvalue weighted by Gasteiger charge is 2.74. The number of aliphatic hydroxyl groups is 1. The Kier molecular flexibility index (Phi) is 5.95. The van der Waals surface area contributed by atoms with E-state index in [4.69, 9.17) is 0 Å². The second-order valence-electron chi connectivity index (χ2n) is 11.2. The third-order valence-electron chi connectivity index (χ3n) is 8.63. The zero-order valence-corrected chi connectivity index (χ0v) is 20.2. The van der Waals surface area contributed by atoms with Gasteiger partial charge in [0, 0.05) is 24.6 Å². The van der Waals surface area contributed by atoms with Crippen molar-refractivity contribution in [2.75, 3.05) is 31.6 Å². The van der Waals surface area contributed by atoms with Crippen LogP contribution in [0.3, 0.4) is 0 Å². The van der Waals surface area contributed by atoms with Gasteiger partial charge in [-0.2, -0.15) is 13.2 Å². The first kappa shape index (κ1) is 24.2. The number of nitrogens with one attached hydrogen (secondary N) is 4. The number of carbonyl (C=O) groups is 1. The maximum absolute atomic E-state index is 13.1. The molecular formula is C25H35F3N5O2+. The number of hydrogen-bond donors (Lipinski definition) is 5. The zero-order valence-electron chi connectivity index (χ0n) is 20.2. The molecule has 3 fully saturated rings. The minimum Gasteiger partial charge on any atom is -0.393 e. The maximum Gasteiger partial charge on any atom is 0.416 e. The summed E-state index contributed by atoms with van der Waals surface area (Å²) in [7, 11) is 0. The summed E-state index contributed by atoms with van der Waals surface area (Å²) in [6, 6.07) is 3.60. The van der Waals surface area contributed by atoms with Gasteiger partial charge in [-0.15, -0.1) is 0 Å². The number of quaternary nitrogens is 1. The highest BCUT2D eigenvalue weighted by molar-refractivity contribution is 5.83. The van der Waals surface area contributed by atoms with E-state index in [0.29, 0.717) is 34.3 Å². The molecule has 4 aliphatic rings. The molecule has 1 atom stereocenters. The van der Waals surface area contributed by atoms with Crippen molar-refractivity contribution in [3.63, 3.8) is 0 Å². The third-order valence-corrected chi connectivity index (χ3v) is 8.63. The van der Waals surface area contributed by atoms with Gasteiger partial charge in [-0.1, -0.05) is 13.8 Å². The molecule has 0 bridgehead atoms. The molecule has 1 amide bonds. The number of benzene rings is 1. The fraction of sp³-hybridized carbons (Fsp3) is 0.640. The van der Waals surface area contributed by atoms with Crippen LogP contribution < -0.4 is 21.5 Å². The van der Waals surface area contributed by atoms with Crippen LogP contribution in [0.2, 0.25) is 0 Å². The van der Waals surface area contributed by atoms with Gasteiger partial charge in [0.15, 0.2) is 0 Å². The van der Waals surface area contributed by atoms with Crippen LogP contribution in [-0.2, 0) is 11.0 Å². The molecule has 2 saturated heterocycles. The molecule has 3 aliphatic heterocycles. The molecule has 1 aromatic carbocycles. The largest absolute Gasteiger partial charge is 0.416 e. The first-order valence-corrected chi connectivity index (χ1v) is 12.5. The van der Waals surface area contributed by atoms with Crippen molar-refractivity contribution in [2.24, 2.45) is 11.8 Å². The fourth-order valence-corrected chi connectivity index (χ4v) is 6.54. The summed E-state index contributed by atoms with van der Waals surface area (Å²) in [5.74, 6) is 0.533. The highest BCUT2D eigenvalue weighted by Crippen LogP contribution is 2.57. The van der Waals surface area contributed by atoms with Crippen LogP contribution >= 0.6 is 0 Å². The number of carbonyl (C=O) groups excluding carboxylic acids is 1. The van der Waals surface area contributed by atoms with E-state index in [2.05, 4.69) is 35.3 Å². The van der Waals surface area contributed by atoms with E-state index in [-0.39, 0.29) is 24.6 Å². The second-order valence-corrected chi connectivity index (χ2v) is 11.2. The first-order chi connectivity index (χ1) is 16.5. The van der Waals surface area contributed by atoms with Gasteiger partial charge in [0.05, 0.1) is 29.6 Å². The van der Waals surface area contributed by atoms with Crippen molar-refractivity contribution in [2.45, 2.75) is 63.4 Å². The van der Waals surface area contributed by atoms with E-state index in [1.54, 1.807) is 0 Å². The Morgan fingerprint density at radius 2 is 1.97 bits per heavy atom. The predicted octanol–water partition coefficient (Wildman–Crippen LogP) is 2.80. The molecule has 5 N–H and O–H groups in total. The highest BCUT2D eigenvalue weighted by atomic mass is 19.4. The molecular weight excluding hydrogens is 459 g/mol. The standard InChI is InChI=1S/C25H34F3N5O2/c1-15(2)23(35)16-5-7-24(8-6-16)14-33(24)12-18(13-33)31-22(34)11-29-21-10-30-32-20-4-3-17(9-19(20)21)25(26,27)28/h3-4,9-10,15-16,18,23,29-30,32,35H,5-8,11-14H2,1-2H3/p+1. The summed E-state index contributed by atoms with van der Waals surface area (Å²) in [6.07, 6.45) is 1.33. The Balaban J connectivity index is 1.09. The monoisotopic (exact) mass is 494 g/mol. The van der Waals surface area contributed by atoms with Crippen LogP contribution in [-0.4, -0.2) is 59.4 Å². The number of alkyl halides is 3. The number of rotatable bonds is 6. The third kappa shape index (κ3) is 4.46. The van der Waals surface area contributed by atoms with Gasteiger partial charge in [0.1, 0.15) is 31.2 Å².